The highest BCUT2D eigenvalue weighted by Gasteiger charge is 2.23. The van der Waals surface area contributed by atoms with Crippen molar-refractivity contribution in [2.24, 2.45) is 5.73 Å². The van der Waals surface area contributed by atoms with Crippen molar-refractivity contribution in [1.82, 2.24) is 4.57 Å². The first kappa shape index (κ1) is 17.9. The lowest BCUT2D eigenvalue weighted by molar-refractivity contribution is 0.328. The summed E-state index contributed by atoms with van der Waals surface area (Å²) in [5.74, 6) is 0. The molecule has 0 amide bonds. The molecule has 2 aromatic carbocycles. The molecule has 0 aliphatic heterocycles. The van der Waals surface area contributed by atoms with Gasteiger partial charge in [0.05, 0.1) is 6.34 Å². The van der Waals surface area contributed by atoms with Gasteiger partial charge in [-0.15, -0.1) is 0 Å². The molecule has 0 bridgehead atoms. The average Bonchev–Trinajstić information content (AvgIpc) is 2.82. The topological polar surface area (TPSA) is 102 Å². The zero-order valence-corrected chi connectivity index (χ0v) is 14.4. The Kier molecular flexibility index (Phi) is 5.93. The van der Waals surface area contributed by atoms with E-state index < -0.39 is 0 Å². The molecule has 5 nitrogen and oxygen atoms in total. The van der Waals surface area contributed by atoms with E-state index in [9.17, 15) is 0 Å². The number of halogens is 1. The summed E-state index contributed by atoms with van der Waals surface area (Å²) in [5.41, 5.74) is 18.4. The molecule has 1 heterocycles. The number of fused-ring (bicyclic) bond motifs is 3. The summed E-state index contributed by atoms with van der Waals surface area (Å²) in [5, 5.41) is 9.31. The lowest BCUT2D eigenvalue weighted by Crippen LogP contribution is -2.16. The van der Waals surface area contributed by atoms with Crippen LogP contribution in [0.4, 0.5) is 0 Å². The largest absolute Gasteiger partial charge is 0.390 e. The van der Waals surface area contributed by atoms with Crippen LogP contribution in [0.3, 0.4) is 0 Å². The number of rotatable bonds is 1. The van der Waals surface area contributed by atoms with Gasteiger partial charge in [-0.2, -0.15) is 0 Å². The number of benzene rings is 2. The standard InChI is InChI=1S/C17H16ClN.CH4N2.H2N2/c1-11-5-7-16-14(9-11)15-10-12(18)6-8-17(15)19(16)13-3-2-4-13;2-1-3;1-2/h5-10,13H,2-4H2,1H3;1H,(H3,2,3);1-2H. The Hall–Kier alpha value is -2.40. The molecule has 0 atom stereocenters. The molecule has 4 rings (SSSR count). The Morgan fingerprint density at radius 1 is 1.08 bits per heavy atom. The predicted molar refractivity (Wildman–Crippen MR) is 100 cm³/mol. The maximum Gasteiger partial charge on any atom is 0.0765 e. The molecule has 0 spiro atoms. The van der Waals surface area contributed by atoms with Crippen LogP contribution in [-0.2, 0) is 0 Å². The van der Waals surface area contributed by atoms with Gasteiger partial charge in [0.15, 0.2) is 0 Å². The fourth-order valence-electron chi connectivity index (χ4n) is 3.18. The van der Waals surface area contributed by atoms with Gasteiger partial charge in [0, 0.05) is 32.9 Å². The summed E-state index contributed by atoms with van der Waals surface area (Å²) in [6.45, 7) is 2.15. The summed E-state index contributed by atoms with van der Waals surface area (Å²) in [4.78, 5) is 0. The molecule has 24 heavy (non-hydrogen) atoms. The predicted octanol–water partition coefficient (Wildman–Crippen LogP) is 5.63. The molecular weight excluding hydrogens is 322 g/mol. The van der Waals surface area contributed by atoms with Crippen LogP contribution in [0, 0.1) is 23.4 Å². The monoisotopic (exact) mass is 343 g/mol. The van der Waals surface area contributed by atoms with Crippen molar-refractivity contribution in [1.29, 1.82) is 16.5 Å². The fraction of sp³-hybridized carbons (Fsp3) is 0.278. The van der Waals surface area contributed by atoms with Gasteiger partial charge in [0.1, 0.15) is 0 Å². The van der Waals surface area contributed by atoms with Crippen LogP contribution in [0.1, 0.15) is 30.9 Å². The summed E-state index contributed by atoms with van der Waals surface area (Å²) in [6, 6.07) is 13.7. The minimum Gasteiger partial charge on any atom is -0.390 e. The van der Waals surface area contributed by atoms with Gasteiger partial charge in [-0.05, 0) is 56.5 Å². The molecule has 1 aliphatic rings. The van der Waals surface area contributed by atoms with Crippen LogP contribution in [0.2, 0.25) is 5.02 Å². The number of aryl methyl sites for hydroxylation is 1. The van der Waals surface area contributed by atoms with Crippen LogP contribution in [0.25, 0.3) is 21.8 Å². The third-order valence-corrected chi connectivity index (χ3v) is 4.59. The van der Waals surface area contributed by atoms with Crippen molar-refractivity contribution in [2.75, 3.05) is 0 Å². The molecule has 1 fully saturated rings. The quantitative estimate of drug-likeness (QED) is 0.257. The Bertz CT molecular complexity index is 792. The zero-order chi connectivity index (χ0) is 17.7. The maximum absolute atomic E-state index is 6.19. The van der Waals surface area contributed by atoms with Crippen LogP contribution in [-0.4, -0.2) is 10.9 Å². The second-order valence-electron chi connectivity index (χ2n) is 5.80. The Morgan fingerprint density at radius 3 is 2.17 bits per heavy atom. The van der Waals surface area contributed by atoms with Crippen molar-refractivity contribution in [3.63, 3.8) is 0 Å². The minimum atomic E-state index is 0.670. The van der Waals surface area contributed by atoms with Crippen LogP contribution in [0.5, 0.6) is 0 Å². The lowest BCUT2D eigenvalue weighted by atomic mass is 9.92. The van der Waals surface area contributed by atoms with E-state index in [1.165, 1.54) is 46.6 Å². The van der Waals surface area contributed by atoms with Gasteiger partial charge in [-0.3, -0.25) is 5.41 Å². The van der Waals surface area contributed by atoms with Gasteiger partial charge in [0.25, 0.3) is 0 Å². The van der Waals surface area contributed by atoms with E-state index in [-0.39, 0.29) is 0 Å². The third-order valence-electron chi connectivity index (χ3n) is 4.36. The van der Waals surface area contributed by atoms with E-state index in [1.807, 2.05) is 6.07 Å². The summed E-state index contributed by atoms with van der Waals surface area (Å²) < 4.78 is 2.52. The number of hydrogen-bond donors (Lipinski definition) is 4. The maximum atomic E-state index is 6.19. The van der Waals surface area contributed by atoms with Gasteiger partial charge in [-0.1, -0.05) is 23.2 Å². The second-order valence-corrected chi connectivity index (χ2v) is 6.24. The smallest absolute Gasteiger partial charge is 0.0765 e. The minimum absolute atomic E-state index is 0.670. The van der Waals surface area contributed by atoms with Crippen molar-refractivity contribution in [3.8, 4) is 0 Å². The normalized spacial score (nSPS) is 13.4. The highest BCUT2D eigenvalue weighted by molar-refractivity contribution is 6.31. The Balaban J connectivity index is 0.000000378. The number of nitrogens with two attached hydrogens (primary N) is 1. The van der Waals surface area contributed by atoms with Crippen molar-refractivity contribution in [3.05, 3.63) is 47.0 Å². The molecule has 0 radical (unpaired) electrons. The molecule has 1 aliphatic carbocycles. The lowest BCUT2D eigenvalue weighted by Gasteiger charge is -2.29. The molecule has 1 saturated carbocycles. The summed E-state index contributed by atoms with van der Waals surface area (Å²) in [7, 11) is 0. The molecule has 6 heteroatoms. The Labute approximate surface area is 146 Å². The second kappa shape index (κ2) is 7.93. The molecule has 1 aromatic heterocycles. The van der Waals surface area contributed by atoms with Crippen LogP contribution >= 0.6 is 11.6 Å². The highest BCUT2D eigenvalue weighted by Crippen LogP contribution is 2.40. The first-order valence-electron chi connectivity index (χ1n) is 7.81. The van der Waals surface area contributed by atoms with Crippen LogP contribution < -0.4 is 5.73 Å². The van der Waals surface area contributed by atoms with E-state index in [2.05, 4.69) is 47.6 Å². The summed E-state index contributed by atoms with van der Waals surface area (Å²) in [6.07, 6.45) is 4.70. The van der Waals surface area contributed by atoms with Gasteiger partial charge in [0.2, 0.25) is 0 Å². The van der Waals surface area contributed by atoms with Gasteiger partial charge < -0.3 is 10.3 Å². The van der Waals surface area contributed by atoms with Crippen molar-refractivity contribution >= 4 is 39.7 Å². The van der Waals surface area contributed by atoms with Gasteiger partial charge in [-0.25, -0.2) is 11.1 Å². The Morgan fingerprint density at radius 2 is 1.62 bits per heavy atom. The third kappa shape index (κ3) is 3.26. The molecule has 0 saturated heterocycles. The van der Waals surface area contributed by atoms with Crippen LogP contribution in [0.15, 0.2) is 36.4 Å². The van der Waals surface area contributed by atoms with E-state index >= 15 is 0 Å². The van der Waals surface area contributed by atoms with E-state index in [4.69, 9.17) is 28.1 Å². The van der Waals surface area contributed by atoms with Crippen molar-refractivity contribution < 1.29 is 0 Å². The SMILES string of the molecule is Cc1ccc2c(c1)c1cc(Cl)ccc1n2C1CCC1.N=CN.N=N. The molecular formula is C18H22ClN5. The zero-order valence-electron chi connectivity index (χ0n) is 13.6. The average molecular weight is 344 g/mol. The first-order valence-corrected chi connectivity index (χ1v) is 8.19. The number of nitrogens with one attached hydrogen (secondary N) is 3. The molecule has 3 aromatic rings. The van der Waals surface area contributed by atoms with E-state index in [0.29, 0.717) is 6.04 Å². The molecule has 126 valence electrons. The number of nitrogens with zero attached hydrogens (tertiary/aromatic N) is 1. The number of aromatic nitrogens is 1. The fourth-order valence-corrected chi connectivity index (χ4v) is 3.35. The highest BCUT2D eigenvalue weighted by atomic mass is 35.5. The van der Waals surface area contributed by atoms with E-state index in [1.54, 1.807) is 0 Å². The first-order chi connectivity index (χ1) is 11.7. The number of hydrogen-bond acceptors (Lipinski definition) is 3. The van der Waals surface area contributed by atoms with Crippen molar-refractivity contribution in [2.45, 2.75) is 32.2 Å². The molecule has 0 unspecified atom stereocenters. The molecule has 5 N–H and O–H groups in total. The van der Waals surface area contributed by atoms with E-state index in [0.717, 1.165) is 11.4 Å². The van der Waals surface area contributed by atoms with Gasteiger partial charge >= 0.3 is 0 Å². The summed E-state index contributed by atoms with van der Waals surface area (Å²) >= 11 is 6.19.